The molecular weight excluding hydrogens is 684 g/mol. The average Bonchev–Trinajstić information content (AvgIpc) is 3.45. The van der Waals surface area contributed by atoms with Gasteiger partial charge in [0.1, 0.15) is 23.3 Å². The second-order valence-electron chi connectivity index (χ2n) is 12.9. The van der Waals surface area contributed by atoms with Crippen molar-refractivity contribution in [1.82, 2.24) is 15.4 Å². The number of hydrogen-bond donors (Lipinski definition) is 6. The Morgan fingerprint density at radius 3 is 2.59 bits per heavy atom. The number of amidine groups is 1. The molecule has 1 saturated carbocycles. The van der Waals surface area contributed by atoms with Crippen molar-refractivity contribution in [1.29, 1.82) is 0 Å². The minimum Gasteiger partial charge on any atom is -0.485 e. The van der Waals surface area contributed by atoms with Gasteiger partial charge in [0.15, 0.2) is 16.9 Å². The first-order valence-electron chi connectivity index (χ1n) is 15.2. The Morgan fingerprint density at radius 2 is 2.02 bits per heavy atom. The third kappa shape index (κ3) is 7.47. The lowest BCUT2D eigenvalue weighted by Crippen LogP contribution is -2.76. The fourth-order valence-corrected chi connectivity index (χ4v) is 6.70. The van der Waals surface area contributed by atoms with E-state index in [1.165, 1.54) is 26.2 Å². The molecule has 49 heavy (non-hydrogen) atoms. The predicted molar refractivity (Wildman–Crippen MR) is 176 cm³/mol. The molecule has 0 unspecified atom stereocenters. The third-order valence-corrected chi connectivity index (χ3v) is 10.0. The van der Waals surface area contributed by atoms with E-state index in [2.05, 4.69) is 24.7 Å². The summed E-state index contributed by atoms with van der Waals surface area (Å²) in [5, 5.41) is 18.4. The first-order chi connectivity index (χ1) is 22.8. The number of aromatic nitrogens is 1. The number of β-lactam (4-membered cyclic amide) rings is 1. The number of carboxylic acids is 1. The summed E-state index contributed by atoms with van der Waals surface area (Å²) in [4.78, 5) is 52.8. The van der Waals surface area contributed by atoms with Gasteiger partial charge in [0.2, 0.25) is 0 Å². The molecule has 1 aliphatic carbocycles. The maximum atomic E-state index is 13.4. The zero-order valence-corrected chi connectivity index (χ0v) is 28.5. The number of carbonyl (C=O) groups excluding carboxylic acids is 2. The van der Waals surface area contributed by atoms with Crippen LogP contribution < -0.4 is 27.3 Å². The Bertz CT molecular complexity index is 1820. The van der Waals surface area contributed by atoms with Gasteiger partial charge in [-0.2, -0.15) is 13.5 Å². The van der Waals surface area contributed by atoms with Gasteiger partial charge in [-0.05, 0) is 83.1 Å². The molecule has 0 bridgehead atoms. The van der Waals surface area contributed by atoms with E-state index in [4.69, 9.17) is 31.3 Å². The van der Waals surface area contributed by atoms with E-state index in [-0.39, 0.29) is 22.8 Å². The van der Waals surface area contributed by atoms with Crippen LogP contribution in [0.5, 0.6) is 5.75 Å². The Hall–Kier alpha value is -4.37. The average molecular weight is 723 g/mol. The van der Waals surface area contributed by atoms with Crippen LogP contribution in [-0.4, -0.2) is 92.8 Å². The molecule has 5 rings (SSSR count). The molecule has 3 aliphatic rings. The van der Waals surface area contributed by atoms with Gasteiger partial charge in [0.25, 0.3) is 17.4 Å². The van der Waals surface area contributed by atoms with Crippen LogP contribution in [0, 0.1) is 0 Å². The quantitative estimate of drug-likeness (QED) is 0.0540. The van der Waals surface area contributed by atoms with Crippen LogP contribution in [-0.2, 0) is 40.3 Å². The Kier molecular flexibility index (Phi) is 9.65. The van der Waals surface area contributed by atoms with Crippen LogP contribution in [0.15, 0.2) is 33.7 Å². The van der Waals surface area contributed by atoms with Crippen molar-refractivity contribution in [3.05, 3.63) is 40.4 Å². The number of hydrogen-bond acceptors (Lipinski definition) is 14. The molecule has 3 heterocycles. The molecule has 1 saturated heterocycles. The summed E-state index contributed by atoms with van der Waals surface area (Å²) in [6.45, 7) is 4.49. The summed E-state index contributed by atoms with van der Waals surface area (Å²) in [6.07, 6.45) is 3.37. The van der Waals surface area contributed by atoms with Crippen molar-refractivity contribution >= 4 is 56.2 Å². The molecule has 0 spiro atoms. The number of ether oxygens (including phenoxy) is 1. The summed E-state index contributed by atoms with van der Waals surface area (Å²) >= 11 is 0.964. The SMILES string of the molecule is CC1(C)[C@H](NC(=O)/C(=N\O[C@](C)(C(=O)O)[C@H]2CCc3cc(C(N)=NCCC4(N)CCC4)ccc3O2)c2csc(N)n2)C(=O)N1OS(=O)(=O)O. The van der Waals surface area contributed by atoms with E-state index in [0.717, 1.165) is 42.6 Å². The lowest BCUT2D eigenvalue weighted by Gasteiger charge is -2.50. The number of amides is 2. The van der Waals surface area contributed by atoms with E-state index in [1.807, 2.05) is 6.07 Å². The number of oxime groups is 1. The largest absolute Gasteiger partial charge is 0.485 e. The van der Waals surface area contributed by atoms with Gasteiger partial charge in [-0.15, -0.1) is 15.6 Å². The number of carbonyl (C=O) groups is 3. The number of aliphatic imine (C=N–C) groups is 1. The van der Waals surface area contributed by atoms with Crippen LogP contribution in [0.1, 0.15) is 69.7 Å². The zero-order chi connectivity index (χ0) is 35.9. The van der Waals surface area contributed by atoms with Gasteiger partial charge in [-0.3, -0.25) is 19.1 Å². The van der Waals surface area contributed by atoms with Crippen molar-refractivity contribution < 1.29 is 46.3 Å². The second kappa shape index (κ2) is 13.2. The monoisotopic (exact) mass is 722 g/mol. The van der Waals surface area contributed by atoms with Crippen molar-refractivity contribution in [2.45, 2.75) is 88.1 Å². The number of aliphatic carboxylic acids is 1. The molecule has 2 fully saturated rings. The van der Waals surface area contributed by atoms with Crippen LogP contribution in [0.25, 0.3) is 0 Å². The first kappa shape index (κ1) is 35.9. The number of thiazole rings is 1. The Morgan fingerprint density at radius 1 is 1.31 bits per heavy atom. The smallest absolute Gasteiger partial charge is 0.418 e. The lowest BCUT2D eigenvalue weighted by atomic mass is 9.75. The van der Waals surface area contributed by atoms with E-state index in [9.17, 15) is 27.9 Å². The van der Waals surface area contributed by atoms with Crippen molar-refractivity contribution in [3.63, 3.8) is 0 Å². The minimum atomic E-state index is -5.03. The maximum Gasteiger partial charge on any atom is 0.418 e. The van der Waals surface area contributed by atoms with Gasteiger partial charge in [-0.1, -0.05) is 5.16 Å². The highest BCUT2D eigenvalue weighted by molar-refractivity contribution is 7.80. The molecule has 9 N–H and O–H groups in total. The van der Waals surface area contributed by atoms with Crippen LogP contribution >= 0.6 is 11.3 Å². The van der Waals surface area contributed by atoms with Crippen molar-refractivity contribution in [3.8, 4) is 5.75 Å². The Balaban J connectivity index is 1.32. The molecular formula is C29H38N8O10S2. The molecule has 1 aromatic heterocycles. The number of aryl methyl sites for hydroxylation is 1. The standard InChI is InChI=1S/C29H38N8O10S2/c1-27(2)21(24(39)37(27)47-49(42,43)44)35-23(38)20(17-14-48-26(31)34-17)36-46-28(3,25(40)41)19-8-6-15-13-16(5-7-18(15)45-19)22(30)33-12-11-29(32)9-4-10-29/h5,7,13-14,19,21H,4,6,8-12,32H2,1-3H3,(H2,30,33)(H2,31,34)(H,35,38)(H,40,41)(H,42,43,44)/b36-20-/t19-,21-,28+/m1/s1. The topological polar surface area (TPSA) is 284 Å². The minimum absolute atomic E-state index is 0.0585. The number of anilines is 1. The van der Waals surface area contributed by atoms with Crippen LogP contribution in [0.3, 0.4) is 0 Å². The maximum absolute atomic E-state index is 13.4. The van der Waals surface area contributed by atoms with Gasteiger partial charge in [0, 0.05) is 23.0 Å². The number of nitrogens with zero attached hydrogens (tertiary/aromatic N) is 4. The molecule has 18 nitrogen and oxygen atoms in total. The highest BCUT2D eigenvalue weighted by atomic mass is 32.3. The molecule has 2 amide bonds. The fraction of sp³-hybridized carbons (Fsp3) is 0.517. The van der Waals surface area contributed by atoms with E-state index in [1.54, 1.807) is 12.1 Å². The van der Waals surface area contributed by atoms with E-state index < -0.39 is 57.2 Å². The molecule has 2 aromatic rings. The van der Waals surface area contributed by atoms with Gasteiger partial charge >= 0.3 is 16.4 Å². The molecule has 2 aliphatic heterocycles. The third-order valence-electron chi connectivity index (χ3n) is 9.01. The predicted octanol–water partition coefficient (Wildman–Crippen LogP) is 0.500. The second-order valence-corrected chi connectivity index (χ2v) is 14.8. The Labute approximate surface area is 285 Å². The lowest BCUT2D eigenvalue weighted by molar-refractivity contribution is -0.218. The number of nitrogens with two attached hydrogens (primary N) is 3. The number of nitrogens with one attached hydrogen (secondary N) is 1. The highest BCUT2D eigenvalue weighted by Crippen LogP contribution is 2.36. The van der Waals surface area contributed by atoms with E-state index >= 15 is 0 Å². The van der Waals surface area contributed by atoms with Gasteiger partial charge in [0.05, 0.1) is 5.54 Å². The van der Waals surface area contributed by atoms with Gasteiger partial charge < -0.3 is 37.2 Å². The van der Waals surface area contributed by atoms with Crippen molar-refractivity contribution in [2.24, 2.45) is 21.6 Å². The van der Waals surface area contributed by atoms with E-state index in [0.29, 0.717) is 35.2 Å². The summed E-state index contributed by atoms with van der Waals surface area (Å²) in [5.41, 5.74) is 15.4. The van der Waals surface area contributed by atoms with Gasteiger partial charge in [-0.25, -0.2) is 9.78 Å². The molecule has 3 atom stereocenters. The number of benzene rings is 1. The normalized spacial score (nSPS) is 22.9. The summed E-state index contributed by atoms with van der Waals surface area (Å²) in [6, 6.07) is 3.89. The number of hydroxylamine groups is 2. The highest BCUT2D eigenvalue weighted by Gasteiger charge is 2.58. The fourth-order valence-electron chi connectivity index (χ4n) is 5.70. The summed E-state index contributed by atoms with van der Waals surface area (Å²) < 4.78 is 41.7. The van der Waals surface area contributed by atoms with Crippen molar-refractivity contribution in [2.75, 3.05) is 12.3 Å². The van der Waals surface area contributed by atoms with Crippen LogP contribution in [0.2, 0.25) is 0 Å². The number of carboxylic acid groups (broad SMARTS) is 1. The molecule has 0 radical (unpaired) electrons. The molecule has 266 valence electrons. The first-order valence-corrected chi connectivity index (χ1v) is 17.5. The summed E-state index contributed by atoms with van der Waals surface area (Å²) in [5.74, 6) is -2.68. The zero-order valence-electron chi connectivity index (χ0n) is 26.9. The molecule has 1 aromatic carbocycles. The number of rotatable bonds is 13. The summed E-state index contributed by atoms with van der Waals surface area (Å²) in [7, 11) is -5.03. The number of fused-ring (bicyclic) bond motifs is 1. The number of nitrogen functional groups attached to an aromatic ring is 1. The molecule has 20 heteroatoms. The van der Waals surface area contributed by atoms with Crippen LogP contribution in [0.4, 0.5) is 5.13 Å².